The minimum atomic E-state index is -1.02. The van der Waals surface area contributed by atoms with Crippen LogP contribution in [0.2, 0.25) is 5.02 Å². The van der Waals surface area contributed by atoms with Crippen LogP contribution < -0.4 is 0 Å². The van der Waals surface area contributed by atoms with Crippen molar-refractivity contribution < 1.29 is 9.90 Å². The number of halogens is 1. The highest BCUT2D eigenvalue weighted by Gasteiger charge is 2.28. The molecular weight excluding hydrogens is 312 g/mol. The topological polar surface area (TPSA) is 66.0 Å². The van der Waals surface area contributed by atoms with Crippen LogP contribution in [0, 0.1) is 5.41 Å². The second-order valence-corrected chi connectivity index (χ2v) is 7.55. The molecule has 0 bridgehead atoms. The number of hydrogen-bond donors (Lipinski definition) is 2. The molecule has 23 heavy (non-hydrogen) atoms. The van der Waals surface area contributed by atoms with Gasteiger partial charge in [0.1, 0.15) is 5.69 Å². The molecule has 0 spiro atoms. The van der Waals surface area contributed by atoms with Crippen LogP contribution in [0.3, 0.4) is 0 Å². The molecule has 1 saturated carbocycles. The number of aromatic nitrogens is 2. The van der Waals surface area contributed by atoms with Gasteiger partial charge in [-0.2, -0.15) is 5.10 Å². The normalized spacial score (nSPS) is 18.0. The van der Waals surface area contributed by atoms with Gasteiger partial charge < -0.3 is 5.11 Å². The summed E-state index contributed by atoms with van der Waals surface area (Å²) in [5.74, 6) is -0.505. The van der Waals surface area contributed by atoms with Crippen molar-refractivity contribution in [3.63, 3.8) is 0 Å². The van der Waals surface area contributed by atoms with Crippen molar-refractivity contribution in [1.82, 2.24) is 10.2 Å². The Bertz CT molecular complexity index is 726. The van der Waals surface area contributed by atoms with Crippen LogP contribution in [-0.2, 0) is 0 Å². The number of aromatic carboxylic acids is 1. The van der Waals surface area contributed by atoms with Gasteiger partial charge in [0.25, 0.3) is 0 Å². The number of carbonyl (C=O) groups is 1. The predicted molar refractivity (Wildman–Crippen MR) is 91.0 cm³/mol. The third kappa shape index (κ3) is 3.42. The second-order valence-electron chi connectivity index (χ2n) is 7.15. The number of rotatable bonds is 3. The number of nitrogens with one attached hydrogen (secondary N) is 1. The molecule has 0 atom stereocenters. The van der Waals surface area contributed by atoms with Crippen molar-refractivity contribution in [2.24, 2.45) is 5.41 Å². The maximum absolute atomic E-state index is 10.9. The Balaban J connectivity index is 1.82. The molecule has 1 aromatic carbocycles. The predicted octanol–water partition coefficient (Wildman–Crippen LogP) is 5.11. The first-order chi connectivity index (χ1) is 10.9. The van der Waals surface area contributed by atoms with Gasteiger partial charge in [0, 0.05) is 10.6 Å². The molecule has 1 fully saturated rings. The highest BCUT2D eigenvalue weighted by atomic mass is 35.5. The van der Waals surface area contributed by atoms with Gasteiger partial charge in [0.2, 0.25) is 0 Å². The van der Waals surface area contributed by atoms with Gasteiger partial charge in [0.05, 0.1) is 5.69 Å². The largest absolute Gasteiger partial charge is 0.477 e. The van der Waals surface area contributed by atoms with Crippen molar-refractivity contribution in [2.45, 2.75) is 45.4 Å². The van der Waals surface area contributed by atoms with Gasteiger partial charge in [-0.15, -0.1) is 0 Å². The molecule has 1 aromatic heterocycles. The lowest BCUT2D eigenvalue weighted by atomic mass is 9.71. The fraction of sp³-hybridized carbons (Fsp3) is 0.444. The van der Waals surface area contributed by atoms with Crippen LogP contribution >= 0.6 is 11.6 Å². The van der Waals surface area contributed by atoms with E-state index in [9.17, 15) is 4.79 Å². The summed E-state index contributed by atoms with van der Waals surface area (Å²) >= 11 is 6.50. The van der Waals surface area contributed by atoms with Crippen molar-refractivity contribution in [3.8, 4) is 11.3 Å². The summed E-state index contributed by atoms with van der Waals surface area (Å²) in [5.41, 5.74) is 3.14. The molecule has 122 valence electrons. The minimum Gasteiger partial charge on any atom is -0.477 e. The van der Waals surface area contributed by atoms with Gasteiger partial charge in [-0.05, 0) is 54.7 Å². The molecule has 3 rings (SSSR count). The zero-order valence-corrected chi connectivity index (χ0v) is 14.2. The third-order valence-electron chi connectivity index (χ3n) is 4.88. The summed E-state index contributed by atoms with van der Waals surface area (Å²) in [6, 6.07) is 7.45. The van der Waals surface area contributed by atoms with E-state index in [4.69, 9.17) is 16.7 Å². The van der Waals surface area contributed by atoms with Gasteiger partial charge in [-0.3, -0.25) is 5.10 Å². The van der Waals surface area contributed by atoms with E-state index in [1.165, 1.54) is 24.5 Å². The van der Waals surface area contributed by atoms with Crippen molar-refractivity contribution >= 4 is 17.6 Å². The van der Waals surface area contributed by atoms with Crippen LogP contribution in [0.4, 0.5) is 0 Å². The molecule has 0 radical (unpaired) electrons. The van der Waals surface area contributed by atoms with Crippen molar-refractivity contribution in [1.29, 1.82) is 0 Å². The maximum atomic E-state index is 10.9. The van der Waals surface area contributed by atoms with E-state index in [1.807, 2.05) is 12.1 Å². The third-order valence-corrected chi connectivity index (χ3v) is 5.21. The smallest absolute Gasteiger partial charge is 0.353 e. The Kier molecular flexibility index (Phi) is 4.19. The highest BCUT2D eigenvalue weighted by molar-refractivity contribution is 6.31. The van der Waals surface area contributed by atoms with Crippen molar-refractivity contribution in [2.75, 3.05) is 0 Å². The minimum absolute atomic E-state index is 0.0784. The molecule has 0 amide bonds. The summed E-state index contributed by atoms with van der Waals surface area (Å²) in [7, 11) is 0. The fourth-order valence-electron chi connectivity index (χ4n) is 3.31. The van der Waals surface area contributed by atoms with E-state index >= 15 is 0 Å². The van der Waals surface area contributed by atoms with Gasteiger partial charge in [0.15, 0.2) is 0 Å². The summed E-state index contributed by atoms with van der Waals surface area (Å²) in [6.07, 6.45) is 4.77. The molecule has 0 aliphatic heterocycles. The van der Waals surface area contributed by atoms with Gasteiger partial charge >= 0.3 is 5.97 Å². The van der Waals surface area contributed by atoms with Gasteiger partial charge in [-0.1, -0.05) is 37.6 Å². The number of carboxylic acid groups (broad SMARTS) is 1. The summed E-state index contributed by atoms with van der Waals surface area (Å²) in [6.45, 7) is 4.65. The summed E-state index contributed by atoms with van der Waals surface area (Å²) < 4.78 is 0. The number of hydrogen-bond acceptors (Lipinski definition) is 2. The number of benzene rings is 1. The molecule has 1 heterocycles. The Hall–Kier alpha value is -1.81. The molecule has 1 aliphatic rings. The molecule has 0 unspecified atom stereocenters. The van der Waals surface area contributed by atoms with Crippen molar-refractivity contribution in [3.05, 3.63) is 40.5 Å². The van der Waals surface area contributed by atoms with E-state index < -0.39 is 5.97 Å². The number of aromatic amines is 1. The number of carboxylic acids is 1. The van der Waals surface area contributed by atoms with E-state index in [0.29, 0.717) is 17.0 Å². The number of H-pyrrole nitrogens is 1. The van der Waals surface area contributed by atoms with E-state index in [0.717, 1.165) is 23.4 Å². The Morgan fingerprint density at radius 1 is 1.30 bits per heavy atom. The molecule has 0 saturated heterocycles. The quantitative estimate of drug-likeness (QED) is 0.820. The summed E-state index contributed by atoms with van der Waals surface area (Å²) in [5, 5.41) is 16.3. The van der Waals surface area contributed by atoms with Crippen LogP contribution in [0.25, 0.3) is 11.3 Å². The maximum Gasteiger partial charge on any atom is 0.353 e. The molecule has 2 N–H and O–H groups in total. The molecule has 4 nitrogen and oxygen atoms in total. The molecule has 5 heteroatoms. The first-order valence-electron chi connectivity index (χ1n) is 7.94. The van der Waals surface area contributed by atoms with E-state index in [2.05, 4.69) is 30.1 Å². The molecular formula is C18H21ClN2O2. The van der Waals surface area contributed by atoms with E-state index in [-0.39, 0.29) is 5.69 Å². The lowest BCUT2D eigenvalue weighted by molar-refractivity contribution is 0.0690. The SMILES string of the molecule is CC1(C)CCC(c2ccc(-c3cc(C(=O)O)[nH]n3)cc2Cl)CC1. The first kappa shape index (κ1) is 16.1. The zero-order chi connectivity index (χ0) is 16.6. The van der Waals surface area contributed by atoms with E-state index in [1.54, 1.807) is 0 Å². The average Bonchev–Trinajstić information content (AvgIpc) is 2.98. The zero-order valence-electron chi connectivity index (χ0n) is 13.4. The lowest BCUT2D eigenvalue weighted by Crippen LogP contribution is -2.20. The summed E-state index contributed by atoms with van der Waals surface area (Å²) in [4.78, 5) is 10.9. The van der Waals surface area contributed by atoms with Crippen LogP contribution in [0.15, 0.2) is 24.3 Å². The monoisotopic (exact) mass is 332 g/mol. The Morgan fingerprint density at radius 3 is 2.57 bits per heavy atom. The fourth-order valence-corrected chi connectivity index (χ4v) is 3.64. The van der Waals surface area contributed by atoms with Crippen LogP contribution in [0.1, 0.15) is 61.5 Å². The molecule has 1 aliphatic carbocycles. The number of nitrogens with zero attached hydrogens (tertiary/aromatic N) is 1. The van der Waals surface area contributed by atoms with Gasteiger partial charge in [-0.25, -0.2) is 4.79 Å². The Labute approximate surface area is 140 Å². The standard InChI is InChI=1S/C18H21ClN2O2/c1-18(2)7-5-11(6-8-18)13-4-3-12(9-14(13)19)15-10-16(17(22)23)21-20-15/h3-4,9-11H,5-8H2,1-2H3,(H,20,21)(H,22,23). The lowest BCUT2D eigenvalue weighted by Gasteiger charge is -2.34. The highest BCUT2D eigenvalue weighted by Crippen LogP contribution is 2.44. The molecule has 2 aromatic rings. The van der Waals surface area contributed by atoms with Crippen LogP contribution in [-0.4, -0.2) is 21.3 Å². The Morgan fingerprint density at radius 2 is 2.00 bits per heavy atom. The average molecular weight is 333 g/mol. The van der Waals surface area contributed by atoms with Crippen LogP contribution in [0.5, 0.6) is 0 Å². The first-order valence-corrected chi connectivity index (χ1v) is 8.32. The second kappa shape index (κ2) is 6.00.